The van der Waals surface area contributed by atoms with Crippen LogP contribution < -0.4 is 16.6 Å². The predicted octanol–water partition coefficient (Wildman–Crippen LogP) is 3.06. The molecule has 0 spiro atoms. The van der Waals surface area contributed by atoms with Crippen LogP contribution in [0.4, 0.5) is 8.78 Å². The number of carbonyl (C=O) groups is 1. The number of aryl methyl sites for hydroxylation is 2. The second-order valence-electron chi connectivity index (χ2n) is 7.73. The summed E-state index contributed by atoms with van der Waals surface area (Å²) in [5.74, 6) is -2.27. The number of aromatic nitrogens is 3. The van der Waals surface area contributed by atoms with Gasteiger partial charge in [-0.25, -0.2) is 8.78 Å². The van der Waals surface area contributed by atoms with Crippen LogP contribution in [0.2, 0.25) is 0 Å². The van der Waals surface area contributed by atoms with E-state index in [0.29, 0.717) is 41.7 Å². The highest BCUT2D eigenvalue weighted by Crippen LogP contribution is 2.22. The molecular formula is C23H23F2N5O2. The van der Waals surface area contributed by atoms with E-state index in [9.17, 15) is 18.4 Å². The summed E-state index contributed by atoms with van der Waals surface area (Å²) >= 11 is 0. The summed E-state index contributed by atoms with van der Waals surface area (Å²) in [5.41, 5.74) is 8.31. The van der Waals surface area contributed by atoms with Crippen LogP contribution in [0.1, 0.15) is 30.1 Å². The normalized spacial score (nSPS) is 12.4. The highest BCUT2D eigenvalue weighted by atomic mass is 19.2. The van der Waals surface area contributed by atoms with Crippen molar-refractivity contribution in [2.75, 3.05) is 6.54 Å². The van der Waals surface area contributed by atoms with E-state index >= 15 is 0 Å². The van der Waals surface area contributed by atoms with Gasteiger partial charge in [0.2, 0.25) is 5.91 Å². The molecule has 0 aliphatic heterocycles. The molecule has 1 atom stereocenters. The minimum absolute atomic E-state index is 0.0614. The van der Waals surface area contributed by atoms with E-state index in [1.54, 1.807) is 4.57 Å². The first-order valence-corrected chi connectivity index (χ1v) is 10.3. The maximum absolute atomic E-state index is 13.4. The van der Waals surface area contributed by atoms with Crippen LogP contribution in [0.3, 0.4) is 0 Å². The highest BCUT2D eigenvalue weighted by Gasteiger charge is 2.16. The molecule has 4 aromatic rings. The molecule has 4 rings (SSSR count). The molecule has 0 fully saturated rings. The lowest BCUT2D eigenvalue weighted by atomic mass is 10.0. The SMILES string of the molecule is Cc1[nH]nc2c1c(=O)n(CCCNC(=O)CC(N)c1ccc(F)c(F)c1)c1ccccc21. The second-order valence-corrected chi connectivity index (χ2v) is 7.73. The van der Waals surface area contributed by atoms with Gasteiger partial charge in [0.15, 0.2) is 11.6 Å². The smallest absolute Gasteiger partial charge is 0.262 e. The Morgan fingerprint density at radius 1 is 1.22 bits per heavy atom. The molecule has 0 aliphatic rings. The number of nitrogens with two attached hydrogens (primary N) is 1. The van der Waals surface area contributed by atoms with Crippen molar-refractivity contribution < 1.29 is 13.6 Å². The molecule has 0 saturated carbocycles. The number of aromatic amines is 1. The zero-order chi connectivity index (χ0) is 22.8. The van der Waals surface area contributed by atoms with Crippen LogP contribution in [0, 0.1) is 18.6 Å². The number of nitrogens with one attached hydrogen (secondary N) is 2. The fourth-order valence-corrected chi connectivity index (χ4v) is 3.86. The summed E-state index contributed by atoms with van der Waals surface area (Å²) in [6, 6.07) is 10.2. The summed E-state index contributed by atoms with van der Waals surface area (Å²) < 4.78 is 28.1. The van der Waals surface area contributed by atoms with Gasteiger partial charge in [-0.1, -0.05) is 24.3 Å². The Morgan fingerprint density at radius 3 is 2.78 bits per heavy atom. The van der Waals surface area contributed by atoms with Crippen molar-refractivity contribution >= 4 is 27.7 Å². The number of amides is 1. The Bertz CT molecular complexity index is 1360. The number of para-hydroxylation sites is 1. The molecule has 2 heterocycles. The van der Waals surface area contributed by atoms with Crippen molar-refractivity contribution in [3.63, 3.8) is 0 Å². The van der Waals surface area contributed by atoms with Gasteiger partial charge in [-0.3, -0.25) is 14.7 Å². The number of hydrogen-bond donors (Lipinski definition) is 3. The lowest BCUT2D eigenvalue weighted by Gasteiger charge is -2.14. The Kier molecular flexibility index (Phi) is 6.00. The van der Waals surface area contributed by atoms with E-state index in [1.165, 1.54) is 6.07 Å². The lowest BCUT2D eigenvalue weighted by Crippen LogP contribution is -2.30. The van der Waals surface area contributed by atoms with Gasteiger partial charge in [-0.05, 0) is 37.1 Å². The number of benzene rings is 2. The summed E-state index contributed by atoms with van der Waals surface area (Å²) in [6.07, 6.45) is 0.465. The number of pyridine rings is 1. The number of rotatable bonds is 7. The first kappa shape index (κ1) is 21.6. The standard InChI is InChI=1S/C23H23F2N5O2/c1-13-21-22(29-28-13)15-5-2-3-6-19(15)30(23(21)32)10-4-9-27-20(31)12-18(26)14-7-8-16(24)17(25)11-14/h2-3,5-8,11,18H,4,9-10,12,26H2,1H3,(H,27,31)(H,28,29). The topological polar surface area (TPSA) is 106 Å². The van der Waals surface area contributed by atoms with Crippen LogP contribution in [-0.2, 0) is 11.3 Å². The Labute approximate surface area is 182 Å². The van der Waals surface area contributed by atoms with E-state index in [4.69, 9.17) is 5.73 Å². The van der Waals surface area contributed by atoms with Crippen molar-refractivity contribution in [2.24, 2.45) is 5.73 Å². The molecule has 2 aromatic heterocycles. The summed E-state index contributed by atoms with van der Waals surface area (Å²) in [4.78, 5) is 25.3. The molecule has 166 valence electrons. The van der Waals surface area contributed by atoms with E-state index < -0.39 is 17.7 Å². The summed E-state index contributed by atoms with van der Waals surface area (Å²) in [6.45, 7) is 2.56. The number of fused-ring (bicyclic) bond motifs is 3. The molecule has 0 aliphatic carbocycles. The molecule has 4 N–H and O–H groups in total. The molecule has 7 nitrogen and oxygen atoms in total. The zero-order valence-electron chi connectivity index (χ0n) is 17.5. The highest BCUT2D eigenvalue weighted by molar-refractivity contribution is 6.03. The molecule has 0 saturated heterocycles. The lowest BCUT2D eigenvalue weighted by molar-refractivity contribution is -0.121. The molecular weight excluding hydrogens is 416 g/mol. The maximum atomic E-state index is 13.4. The number of carbonyl (C=O) groups excluding carboxylic acids is 1. The average Bonchev–Trinajstić information content (AvgIpc) is 3.17. The number of nitrogens with zero attached hydrogens (tertiary/aromatic N) is 2. The first-order valence-electron chi connectivity index (χ1n) is 10.3. The fourth-order valence-electron chi connectivity index (χ4n) is 3.86. The van der Waals surface area contributed by atoms with E-state index in [1.807, 2.05) is 31.2 Å². The molecule has 2 aromatic carbocycles. The minimum atomic E-state index is -0.999. The molecule has 1 amide bonds. The molecule has 0 radical (unpaired) electrons. The van der Waals surface area contributed by atoms with Gasteiger partial charge in [0, 0.05) is 36.6 Å². The van der Waals surface area contributed by atoms with Crippen molar-refractivity contribution in [2.45, 2.75) is 32.4 Å². The van der Waals surface area contributed by atoms with Gasteiger partial charge in [-0.15, -0.1) is 0 Å². The monoisotopic (exact) mass is 439 g/mol. The number of halogens is 2. The van der Waals surface area contributed by atoms with E-state index in [0.717, 1.165) is 23.0 Å². The molecule has 1 unspecified atom stereocenters. The first-order chi connectivity index (χ1) is 15.4. The number of hydrogen-bond acceptors (Lipinski definition) is 4. The van der Waals surface area contributed by atoms with Gasteiger partial charge in [0.05, 0.1) is 10.9 Å². The minimum Gasteiger partial charge on any atom is -0.356 e. The van der Waals surface area contributed by atoms with Gasteiger partial charge in [0.25, 0.3) is 5.56 Å². The van der Waals surface area contributed by atoms with E-state index in [-0.39, 0.29) is 17.9 Å². The van der Waals surface area contributed by atoms with Gasteiger partial charge < -0.3 is 15.6 Å². The average molecular weight is 439 g/mol. The third-order valence-electron chi connectivity index (χ3n) is 5.51. The molecule has 9 heteroatoms. The van der Waals surface area contributed by atoms with Gasteiger partial charge >= 0.3 is 0 Å². The van der Waals surface area contributed by atoms with Crippen LogP contribution in [0.5, 0.6) is 0 Å². The van der Waals surface area contributed by atoms with Crippen LogP contribution in [0.15, 0.2) is 47.3 Å². The fraction of sp³-hybridized carbons (Fsp3) is 0.261. The van der Waals surface area contributed by atoms with Gasteiger partial charge in [0.1, 0.15) is 5.52 Å². The van der Waals surface area contributed by atoms with Crippen molar-refractivity contribution in [1.29, 1.82) is 0 Å². The Morgan fingerprint density at radius 2 is 2.00 bits per heavy atom. The number of H-pyrrole nitrogens is 1. The quantitative estimate of drug-likeness (QED) is 0.385. The largest absolute Gasteiger partial charge is 0.356 e. The second kappa shape index (κ2) is 8.88. The maximum Gasteiger partial charge on any atom is 0.262 e. The third kappa shape index (κ3) is 4.11. The van der Waals surface area contributed by atoms with E-state index in [2.05, 4.69) is 15.5 Å². The Hall–Kier alpha value is -3.59. The molecule has 32 heavy (non-hydrogen) atoms. The van der Waals surface area contributed by atoms with Crippen LogP contribution in [-0.4, -0.2) is 27.2 Å². The van der Waals surface area contributed by atoms with Crippen LogP contribution in [0.25, 0.3) is 21.8 Å². The summed E-state index contributed by atoms with van der Waals surface area (Å²) in [7, 11) is 0. The van der Waals surface area contributed by atoms with Crippen molar-refractivity contribution in [1.82, 2.24) is 20.1 Å². The van der Waals surface area contributed by atoms with Gasteiger partial charge in [-0.2, -0.15) is 5.10 Å². The van der Waals surface area contributed by atoms with Crippen LogP contribution >= 0.6 is 0 Å². The third-order valence-corrected chi connectivity index (χ3v) is 5.51. The Balaban J connectivity index is 1.41. The molecule has 0 bridgehead atoms. The predicted molar refractivity (Wildman–Crippen MR) is 118 cm³/mol. The zero-order valence-corrected chi connectivity index (χ0v) is 17.5. The summed E-state index contributed by atoms with van der Waals surface area (Å²) in [5, 5.41) is 11.4. The van der Waals surface area contributed by atoms with Crippen molar-refractivity contribution in [3.8, 4) is 0 Å². The van der Waals surface area contributed by atoms with Crippen molar-refractivity contribution in [3.05, 3.63) is 75.7 Å².